The van der Waals surface area contributed by atoms with Gasteiger partial charge in [0.25, 0.3) is 11.8 Å². The maximum absolute atomic E-state index is 13.5. The molecule has 0 aliphatic carbocycles. The normalized spacial score (nSPS) is 16.9. The van der Waals surface area contributed by atoms with E-state index in [1.165, 1.54) is 6.92 Å². The highest BCUT2D eigenvalue weighted by molar-refractivity contribution is 6.04. The first-order chi connectivity index (χ1) is 20.3. The first-order valence-corrected chi connectivity index (χ1v) is 13.7. The third kappa shape index (κ3) is 8.23. The van der Waals surface area contributed by atoms with Crippen LogP contribution in [0.1, 0.15) is 38.3 Å². The maximum atomic E-state index is 13.5. The molecular weight excluding hydrogens is 560 g/mol. The molecule has 0 radical (unpaired) electrons. The molecule has 1 heterocycles. The van der Waals surface area contributed by atoms with Crippen LogP contribution in [0.3, 0.4) is 0 Å². The Kier molecular flexibility index (Phi) is 11.1. The number of hydrazine groups is 1. The van der Waals surface area contributed by atoms with Crippen molar-refractivity contribution < 1.29 is 43.3 Å². The first-order valence-electron chi connectivity index (χ1n) is 13.7. The van der Waals surface area contributed by atoms with Crippen molar-refractivity contribution in [2.45, 2.75) is 64.5 Å². The van der Waals surface area contributed by atoms with Gasteiger partial charge in [-0.05, 0) is 30.4 Å². The van der Waals surface area contributed by atoms with E-state index in [0.29, 0.717) is 15.5 Å². The van der Waals surface area contributed by atoms with Crippen LogP contribution in [0.25, 0.3) is 0 Å². The summed E-state index contributed by atoms with van der Waals surface area (Å²) in [5, 5.41) is 10.3. The van der Waals surface area contributed by atoms with Crippen LogP contribution in [0.15, 0.2) is 60.7 Å². The number of rotatable bonds is 11. The fraction of sp³-hybridized carbons (Fsp3) is 0.400. The van der Waals surface area contributed by atoms with Crippen molar-refractivity contribution in [2.75, 3.05) is 7.05 Å². The molecule has 3 rings (SSSR count). The summed E-state index contributed by atoms with van der Waals surface area (Å²) >= 11 is 0. The molecule has 0 bridgehead atoms. The summed E-state index contributed by atoms with van der Waals surface area (Å²) in [6.07, 6.45) is -4.57. The SMILES string of the molecule is CC(C)[C@H](N)C(=O)N(C(=O)CCc1ccccc1)[C@@H](C)C(=O)N(C)N(C(=O)O)C(=O)[C@H]1O[C@@H]1C(=O)OCc1ccccc1. The largest absolute Gasteiger partial charge is 0.463 e. The molecule has 13 heteroatoms. The molecule has 1 fully saturated rings. The van der Waals surface area contributed by atoms with Crippen molar-refractivity contribution in [3.05, 3.63) is 71.8 Å². The summed E-state index contributed by atoms with van der Waals surface area (Å²) in [5.74, 6) is -5.04. The Morgan fingerprint density at radius 3 is 1.98 bits per heavy atom. The van der Waals surface area contributed by atoms with E-state index in [1.807, 2.05) is 18.2 Å². The molecule has 2 aromatic carbocycles. The van der Waals surface area contributed by atoms with E-state index >= 15 is 0 Å². The number of hydrogen-bond acceptors (Lipinski definition) is 9. The number of carbonyl (C=O) groups is 6. The van der Waals surface area contributed by atoms with Gasteiger partial charge in [-0.15, -0.1) is 5.01 Å². The number of ether oxygens (including phenoxy) is 2. The molecule has 43 heavy (non-hydrogen) atoms. The molecule has 1 aliphatic rings. The minimum atomic E-state index is -1.84. The molecule has 230 valence electrons. The van der Waals surface area contributed by atoms with E-state index in [1.54, 1.807) is 56.3 Å². The van der Waals surface area contributed by atoms with Gasteiger partial charge < -0.3 is 20.3 Å². The second kappa shape index (κ2) is 14.5. The van der Waals surface area contributed by atoms with Crippen LogP contribution in [0.4, 0.5) is 4.79 Å². The van der Waals surface area contributed by atoms with Crippen molar-refractivity contribution in [3.8, 4) is 0 Å². The van der Waals surface area contributed by atoms with Gasteiger partial charge in [0, 0.05) is 13.5 Å². The number of carbonyl (C=O) groups excluding carboxylic acids is 5. The quantitative estimate of drug-likeness (QED) is 0.220. The highest BCUT2D eigenvalue weighted by Gasteiger charge is 2.55. The van der Waals surface area contributed by atoms with Crippen LogP contribution in [-0.4, -0.2) is 87.1 Å². The standard InChI is InChI=1S/C30H36N4O9/c1-18(2)23(31)27(37)33(22(35)16-15-20-11-7-5-8-12-20)19(3)26(36)32(4)34(30(40)41)28(38)24-25(43-24)29(39)42-17-21-13-9-6-10-14-21/h5-14,18-19,23-25H,15-17,31H2,1-4H3,(H,40,41)/t19-,23-,24-,25-/m0/s1. The van der Waals surface area contributed by atoms with Gasteiger partial charge in [-0.1, -0.05) is 74.5 Å². The zero-order chi connectivity index (χ0) is 31.8. The van der Waals surface area contributed by atoms with Crippen LogP contribution in [-0.2, 0) is 46.5 Å². The third-order valence-corrected chi connectivity index (χ3v) is 6.92. The van der Waals surface area contributed by atoms with Crippen molar-refractivity contribution in [1.82, 2.24) is 14.9 Å². The minimum absolute atomic E-state index is 0.0768. The summed E-state index contributed by atoms with van der Waals surface area (Å²) in [5.41, 5.74) is 7.57. The summed E-state index contributed by atoms with van der Waals surface area (Å²) < 4.78 is 10.2. The average molecular weight is 597 g/mol. The van der Waals surface area contributed by atoms with Gasteiger partial charge >= 0.3 is 12.1 Å². The van der Waals surface area contributed by atoms with Crippen LogP contribution < -0.4 is 5.73 Å². The molecular formula is C30H36N4O9. The second-order valence-electron chi connectivity index (χ2n) is 10.4. The zero-order valence-electron chi connectivity index (χ0n) is 24.4. The van der Waals surface area contributed by atoms with Crippen LogP contribution in [0.2, 0.25) is 0 Å². The number of amides is 5. The number of hydrogen-bond donors (Lipinski definition) is 2. The smallest absolute Gasteiger partial charge is 0.433 e. The lowest BCUT2D eigenvalue weighted by Crippen LogP contribution is -2.60. The zero-order valence-corrected chi connectivity index (χ0v) is 24.4. The van der Waals surface area contributed by atoms with Gasteiger partial charge in [0.2, 0.25) is 11.8 Å². The van der Waals surface area contributed by atoms with Crippen molar-refractivity contribution in [3.63, 3.8) is 0 Å². The monoisotopic (exact) mass is 596 g/mol. The van der Waals surface area contributed by atoms with E-state index in [-0.39, 0.29) is 30.4 Å². The predicted octanol–water partition coefficient (Wildman–Crippen LogP) is 1.74. The number of nitrogens with zero attached hydrogens (tertiary/aromatic N) is 3. The Bertz CT molecular complexity index is 1340. The molecule has 3 N–H and O–H groups in total. The lowest BCUT2D eigenvalue weighted by atomic mass is 10.0. The summed E-state index contributed by atoms with van der Waals surface area (Å²) in [4.78, 5) is 78.3. The van der Waals surface area contributed by atoms with Gasteiger partial charge in [-0.25, -0.2) is 14.6 Å². The molecule has 0 saturated carbocycles. The minimum Gasteiger partial charge on any atom is -0.463 e. The Morgan fingerprint density at radius 1 is 0.884 bits per heavy atom. The Balaban J connectivity index is 1.73. The topological polar surface area (TPSA) is 180 Å². The number of imide groups is 2. The maximum Gasteiger partial charge on any atom is 0.433 e. The van der Waals surface area contributed by atoms with Crippen LogP contribution in [0.5, 0.6) is 0 Å². The predicted molar refractivity (Wildman–Crippen MR) is 151 cm³/mol. The number of benzene rings is 2. The fourth-order valence-corrected chi connectivity index (χ4v) is 4.25. The number of esters is 1. The van der Waals surface area contributed by atoms with Gasteiger partial charge in [-0.2, -0.15) is 0 Å². The molecule has 4 atom stereocenters. The molecule has 0 spiro atoms. The van der Waals surface area contributed by atoms with Gasteiger partial charge in [0.1, 0.15) is 12.6 Å². The van der Waals surface area contributed by atoms with Crippen LogP contribution in [0, 0.1) is 5.92 Å². The molecule has 1 saturated heterocycles. The van der Waals surface area contributed by atoms with Gasteiger partial charge in [0.15, 0.2) is 12.2 Å². The molecule has 2 aromatic rings. The molecule has 13 nitrogen and oxygen atoms in total. The highest BCUT2D eigenvalue weighted by atomic mass is 16.6. The summed E-state index contributed by atoms with van der Waals surface area (Å²) in [6.45, 7) is 4.51. The summed E-state index contributed by atoms with van der Waals surface area (Å²) in [6, 6.07) is 15.1. The van der Waals surface area contributed by atoms with E-state index in [2.05, 4.69) is 0 Å². The van der Waals surface area contributed by atoms with Gasteiger partial charge in [0.05, 0.1) is 6.04 Å². The lowest BCUT2D eigenvalue weighted by Gasteiger charge is -2.34. The van der Waals surface area contributed by atoms with Gasteiger partial charge in [-0.3, -0.25) is 24.1 Å². The van der Waals surface area contributed by atoms with Crippen LogP contribution >= 0.6 is 0 Å². The molecule has 0 unspecified atom stereocenters. The second-order valence-corrected chi connectivity index (χ2v) is 10.4. The average Bonchev–Trinajstić information content (AvgIpc) is 3.80. The van der Waals surface area contributed by atoms with E-state index < -0.39 is 60.0 Å². The number of aryl methyl sites for hydroxylation is 1. The molecule has 1 aliphatic heterocycles. The number of likely N-dealkylation sites (N-methyl/N-ethyl adjacent to an activating group) is 1. The van der Waals surface area contributed by atoms with Crippen molar-refractivity contribution >= 4 is 35.7 Å². The highest BCUT2D eigenvalue weighted by Crippen LogP contribution is 2.27. The molecule has 5 amide bonds. The van der Waals surface area contributed by atoms with E-state index in [0.717, 1.165) is 12.6 Å². The van der Waals surface area contributed by atoms with Crippen molar-refractivity contribution in [1.29, 1.82) is 0 Å². The fourth-order valence-electron chi connectivity index (χ4n) is 4.25. The van der Waals surface area contributed by atoms with Crippen molar-refractivity contribution in [2.24, 2.45) is 11.7 Å². The third-order valence-electron chi connectivity index (χ3n) is 6.92. The van der Waals surface area contributed by atoms with E-state index in [4.69, 9.17) is 15.2 Å². The number of nitrogens with two attached hydrogens (primary N) is 1. The Morgan fingerprint density at radius 2 is 1.44 bits per heavy atom. The molecule has 0 aromatic heterocycles. The summed E-state index contributed by atoms with van der Waals surface area (Å²) in [7, 11) is 0.995. The van der Waals surface area contributed by atoms with E-state index in [9.17, 15) is 33.9 Å². The Hall–Kier alpha value is -4.62. The number of carboxylic acid groups (broad SMARTS) is 1. The Labute approximate surface area is 249 Å². The number of epoxide rings is 1. The lowest BCUT2D eigenvalue weighted by molar-refractivity contribution is -0.165. The first kappa shape index (κ1) is 32.9.